The van der Waals surface area contributed by atoms with Crippen LogP contribution in [0.15, 0.2) is 42.7 Å². The molecule has 0 saturated carbocycles. The molecule has 0 radical (unpaired) electrons. The molecule has 0 aliphatic carbocycles. The van der Waals surface area contributed by atoms with E-state index in [1.54, 1.807) is 35.5 Å². The molecule has 5 nitrogen and oxygen atoms in total. The molecule has 126 valence electrons. The van der Waals surface area contributed by atoms with E-state index in [1.165, 1.54) is 6.92 Å². The molecule has 2 aromatic rings. The smallest absolute Gasteiger partial charge is 0.226 e. The van der Waals surface area contributed by atoms with Gasteiger partial charge in [0.1, 0.15) is 0 Å². The van der Waals surface area contributed by atoms with Gasteiger partial charge in [0.05, 0.1) is 0 Å². The first-order valence-electron chi connectivity index (χ1n) is 7.66. The van der Waals surface area contributed by atoms with Crippen LogP contribution in [0.3, 0.4) is 0 Å². The van der Waals surface area contributed by atoms with Crippen molar-refractivity contribution in [3.05, 3.63) is 58.9 Å². The molecule has 0 fully saturated rings. The maximum Gasteiger partial charge on any atom is 0.226 e. The molecule has 1 aromatic heterocycles. The lowest BCUT2D eigenvalue weighted by atomic mass is 10.2. The second-order valence-corrected chi connectivity index (χ2v) is 6.00. The molecule has 0 unspecified atom stereocenters. The number of halogens is 1. The van der Waals surface area contributed by atoms with Crippen molar-refractivity contribution in [3.63, 3.8) is 0 Å². The van der Waals surface area contributed by atoms with E-state index in [1.807, 2.05) is 19.1 Å². The summed E-state index contributed by atoms with van der Waals surface area (Å²) in [4.78, 5) is 29.6. The van der Waals surface area contributed by atoms with Crippen LogP contribution >= 0.6 is 11.6 Å². The first-order valence-corrected chi connectivity index (χ1v) is 8.04. The highest BCUT2D eigenvalue weighted by Gasteiger charge is 2.12. The highest BCUT2D eigenvalue weighted by atomic mass is 35.5. The summed E-state index contributed by atoms with van der Waals surface area (Å²) in [5.74, 6) is -0.216. The topological polar surface area (TPSA) is 62.3 Å². The molecule has 2 amide bonds. The summed E-state index contributed by atoms with van der Waals surface area (Å²) in [5, 5.41) is 3.48. The van der Waals surface area contributed by atoms with Gasteiger partial charge in [-0.2, -0.15) is 0 Å². The number of rotatable bonds is 6. The van der Waals surface area contributed by atoms with E-state index in [-0.39, 0.29) is 18.2 Å². The summed E-state index contributed by atoms with van der Waals surface area (Å²) in [6, 6.07) is 9.02. The van der Waals surface area contributed by atoms with Crippen molar-refractivity contribution in [2.75, 3.05) is 11.9 Å². The first-order chi connectivity index (χ1) is 11.5. The third-order valence-electron chi connectivity index (χ3n) is 3.61. The fraction of sp³-hybridized carbons (Fsp3) is 0.278. The van der Waals surface area contributed by atoms with Gasteiger partial charge in [0.2, 0.25) is 11.8 Å². The number of benzene rings is 1. The van der Waals surface area contributed by atoms with Crippen LogP contribution in [0.2, 0.25) is 5.02 Å². The number of hydrogen-bond donors (Lipinski definition) is 1. The lowest BCUT2D eigenvalue weighted by Gasteiger charge is -2.21. The molecule has 0 aliphatic rings. The van der Waals surface area contributed by atoms with Gasteiger partial charge in [-0.25, -0.2) is 0 Å². The molecule has 6 heteroatoms. The number of aryl methyl sites for hydroxylation is 1. The van der Waals surface area contributed by atoms with E-state index in [4.69, 9.17) is 11.6 Å². The van der Waals surface area contributed by atoms with Gasteiger partial charge in [0, 0.05) is 49.5 Å². The summed E-state index contributed by atoms with van der Waals surface area (Å²) in [5.41, 5.74) is 2.56. The van der Waals surface area contributed by atoms with Crippen molar-refractivity contribution in [2.24, 2.45) is 0 Å². The number of hydrogen-bond acceptors (Lipinski definition) is 3. The largest absolute Gasteiger partial charge is 0.338 e. The van der Waals surface area contributed by atoms with Gasteiger partial charge in [0.15, 0.2) is 0 Å². The van der Waals surface area contributed by atoms with E-state index < -0.39 is 0 Å². The van der Waals surface area contributed by atoms with Crippen LogP contribution in [-0.4, -0.2) is 28.2 Å². The van der Waals surface area contributed by atoms with Crippen LogP contribution in [0.4, 0.5) is 5.69 Å². The minimum absolute atomic E-state index is 0.0747. The van der Waals surface area contributed by atoms with Crippen molar-refractivity contribution < 1.29 is 9.59 Å². The minimum Gasteiger partial charge on any atom is -0.338 e. The summed E-state index contributed by atoms with van der Waals surface area (Å²) < 4.78 is 0. The first kappa shape index (κ1) is 17.9. The summed E-state index contributed by atoms with van der Waals surface area (Å²) in [6.45, 7) is 4.17. The zero-order chi connectivity index (χ0) is 17.5. The standard InChI is InChI=1S/C18H20ClN3O2/c1-13-10-16(19)5-6-17(13)21-18(24)7-9-22(14(2)23)12-15-4-3-8-20-11-15/h3-6,8,10-11H,7,9,12H2,1-2H3,(H,21,24). The Bertz CT molecular complexity index is 719. The highest BCUT2D eigenvalue weighted by Crippen LogP contribution is 2.19. The highest BCUT2D eigenvalue weighted by molar-refractivity contribution is 6.30. The van der Waals surface area contributed by atoms with Crippen LogP contribution in [0.5, 0.6) is 0 Å². The number of nitrogens with zero attached hydrogens (tertiary/aromatic N) is 2. The third-order valence-corrected chi connectivity index (χ3v) is 3.85. The monoisotopic (exact) mass is 345 g/mol. The molecule has 1 aromatic carbocycles. The zero-order valence-electron chi connectivity index (χ0n) is 13.8. The van der Waals surface area contributed by atoms with E-state index >= 15 is 0 Å². The molecule has 0 bridgehead atoms. The van der Waals surface area contributed by atoms with Crippen molar-refractivity contribution in [2.45, 2.75) is 26.8 Å². The number of carbonyl (C=O) groups is 2. The van der Waals surface area contributed by atoms with Crippen LogP contribution < -0.4 is 5.32 Å². The summed E-state index contributed by atoms with van der Waals surface area (Å²) in [6.07, 6.45) is 3.62. The Hall–Kier alpha value is -2.40. The molecule has 1 heterocycles. The normalized spacial score (nSPS) is 10.3. The molecule has 0 spiro atoms. The molecule has 0 saturated heterocycles. The fourth-order valence-electron chi connectivity index (χ4n) is 2.28. The fourth-order valence-corrected chi connectivity index (χ4v) is 2.50. The van der Waals surface area contributed by atoms with E-state index in [9.17, 15) is 9.59 Å². The zero-order valence-corrected chi connectivity index (χ0v) is 14.5. The Morgan fingerprint density at radius 1 is 1.29 bits per heavy atom. The van der Waals surface area contributed by atoms with E-state index in [2.05, 4.69) is 10.3 Å². The predicted octanol–water partition coefficient (Wildman–Crippen LogP) is 3.42. The minimum atomic E-state index is -0.141. The Balaban J connectivity index is 1.91. The van der Waals surface area contributed by atoms with Crippen LogP contribution in [0.25, 0.3) is 0 Å². The number of aromatic nitrogens is 1. The van der Waals surface area contributed by atoms with Gasteiger partial charge >= 0.3 is 0 Å². The van der Waals surface area contributed by atoms with E-state index in [0.29, 0.717) is 18.1 Å². The molecule has 1 N–H and O–H groups in total. The van der Waals surface area contributed by atoms with Gasteiger partial charge < -0.3 is 10.2 Å². The molecular weight excluding hydrogens is 326 g/mol. The maximum absolute atomic E-state index is 12.1. The van der Waals surface area contributed by atoms with Gasteiger partial charge in [-0.15, -0.1) is 0 Å². The van der Waals surface area contributed by atoms with E-state index in [0.717, 1.165) is 16.8 Å². The molecule has 0 atom stereocenters. The van der Waals surface area contributed by atoms with Crippen molar-refractivity contribution in [1.82, 2.24) is 9.88 Å². The summed E-state index contributed by atoms with van der Waals surface area (Å²) in [7, 11) is 0. The molecule has 0 aliphatic heterocycles. The number of anilines is 1. The quantitative estimate of drug-likeness (QED) is 0.872. The van der Waals surface area contributed by atoms with Crippen molar-refractivity contribution in [3.8, 4) is 0 Å². The second-order valence-electron chi connectivity index (χ2n) is 5.56. The third kappa shape index (κ3) is 5.35. The SMILES string of the molecule is CC(=O)N(CCC(=O)Nc1ccc(Cl)cc1C)Cc1cccnc1. The van der Waals surface area contributed by atoms with Gasteiger partial charge in [-0.05, 0) is 42.3 Å². The van der Waals surface area contributed by atoms with Crippen LogP contribution in [0.1, 0.15) is 24.5 Å². The van der Waals surface area contributed by atoms with Gasteiger partial charge in [0.25, 0.3) is 0 Å². The average Bonchev–Trinajstić information content (AvgIpc) is 2.55. The lowest BCUT2D eigenvalue weighted by Crippen LogP contribution is -2.31. The van der Waals surface area contributed by atoms with Gasteiger partial charge in [-0.3, -0.25) is 14.6 Å². The number of pyridine rings is 1. The number of nitrogens with one attached hydrogen (secondary N) is 1. The van der Waals surface area contributed by atoms with Crippen molar-refractivity contribution in [1.29, 1.82) is 0 Å². The second kappa shape index (κ2) is 8.45. The summed E-state index contributed by atoms with van der Waals surface area (Å²) >= 11 is 5.91. The Morgan fingerprint density at radius 2 is 2.08 bits per heavy atom. The lowest BCUT2D eigenvalue weighted by molar-refractivity contribution is -0.129. The number of carbonyl (C=O) groups excluding carboxylic acids is 2. The predicted molar refractivity (Wildman–Crippen MR) is 94.8 cm³/mol. The van der Waals surface area contributed by atoms with Crippen molar-refractivity contribution >= 4 is 29.1 Å². The number of amides is 2. The maximum atomic E-state index is 12.1. The molecule has 2 rings (SSSR count). The van der Waals surface area contributed by atoms with Gasteiger partial charge in [-0.1, -0.05) is 17.7 Å². The molecule has 24 heavy (non-hydrogen) atoms. The Labute approximate surface area is 146 Å². The molecular formula is C18H20ClN3O2. The van der Waals surface area contributed by atoms with Crippen LogP contribution in [0, 0.1) is 6.92 Å². The van der Waals surface area contributed by atoms with Crippen LogP contribution in [-0.2, 0) is 16.1 Å². The Morgan fingerprint density at radius 3 is 2.71 bits per heavy atom. The Kier molecular flexibility index (Phi) is 6.32. The average molecular weight is 346 g/mol.